The van der Waals surface area contributed by atoms with E-state index in [1.807, 2.05) is 39.8 Å². The second-order valence-corrected chi connectivity index (χ2v) is 9.33. The summed E-state index contributed by atoms with van der Waals surface area (Å²) >= 11 is 1.05. The lowest BCUT2D eigenvalue weighted by Gasteiger charge is -2.31. The van der Waals surface area contributed by atoms with Crippen LogP contribution in [0.3, 0.4) is 0 Å². The van der Waals surface area contributed by atoms with Crippen molar-refractivity contribution in [3.05, 3.63) is 54.4 Å². The molecule has 1 aromatic carbocycles. The third-order valence-corrected chi connectivity index (χ3v) is 5.69. The lowest BCUT2D eigenvalue weighted by Crippen LogP contribution is -2.39. The van der Waals surface area contributed by atoms with Crippen molar-refractivity contribution in [3.8, 4) is 5.75 Å². The van der Waals surface area contributed by atoms with Crippen LogP contribution in [0.15, 0.2) is 31.5 Å². The number of nitrogens with one attached hydrogen (secondary N) is 2. The van der Waals surface area contributed by atoms with Crippen molar-refractivity contribution in [1.82, 2.24) is 4.90 Å². The molecule has 0 fully saturated rings. The maximum absolute atomic E-state index is 12.3. The van der Waals surface area contributed by atoms with Gasteiger partial charge in [0.15, 0.2) is 5.75 Å². The van der Waals surface area contributed by atoms with Crippen LogP contribution >= 0.6 is 11.3 Å². The number of anilines is 3. The fourth-order valence-corrected chi connectivity index (χ4v) is 3.96. The van der Waals surface area contributed by atoms with Gasteiger partial charge in [0, 0.05) is 19.5 Å². The van der Waals surface area contributed by atoms with Crippen LogP contribution in [0.25, 0.3) is 0 Å². The summed E-state index contributed by atoms with van der Waals surface area (Å²) in [5.41, 5.74) is -1.28. The molecule has 1 atom stereocenters. The van der Waals surface area contributed by atoms with Crippen molar-refractivity contribution in [2.24, 2.45) is 5.41 Å². The van der Waals surface area contributed by atoms with E-state index in [2.05, 4.69) is 10.6 Å². The number of nitrogens with zero attached hydrogens (tertiary/aromatic N) is 1. The average Bonchev–Trinajstić information content (AvgIpc) is 3.24. The van der Waals surface area contributed by atoms with Crippen LogP contribution in [0.5, 0.6) is 5.75 Å². The molecule has 2 heterocycles. The number of carbonyl (C=O) groups excluding carboxylic acids is 1. The van der Waals surface area contributed by atoms with E-state index in [0.29, 0.717) is 5.76 Å². The van der Waals surface area contributed by atoms with E-state index >= 15 is 0 Å². The third kappa shape index (κ3) is 3.85. The maximum atomic E-state index is 12.3. The molecule has 0 aliphatic carbocycles. The van der Waals surface area contributed by atoms with Crippen LogP contribution in [0.2, 0.25) is 0 Å². The molecule has 1 amide bonds. The molecule has 3 N–H and O–H groups in total. The van der Waals surface area contributed by atoms with Crippen LogP contribution in [0.4, 0.5) is 17.1 Å². The second kappa shape index (κ2) is 7.64. The molecule has 3 aromatic rings. The molecule has 0 aliphatic heterocycles. The van der Waals surface area contributed by atoms with Crippen LogP contribution in [0.1, 0.15) is 48.0 Å². The topological polar surface area (TPSA) is 112 Å². The van der Waals surface area contributed by atoms with Gasteiger partial charge in [-0.05, 0) is 24.5 Å². The van der Waals surface area contributed by atoms with Crippen LogP contribution in [0, 0.1) is 12.3 Å². The lowest BCUT2D eigenvalue weighted by atomic mass is 9.85. The van der Waals surface area contributed by atoms with Crippen molar-refractivity contribution >= 4 is 34.3 Å². The average molecular weight is 432 g/mol. The molecule has 8 nitrogen and oxygen atoms in total. The normalized spacial score (nSPS) is 12.7. The zero-order valence-electron chi connectivity index (χ0n) is 17.7. The monoisotopic (exact) mass is 431 g/mol. The largest absolute Gasteiger partial charge is 0.504 e. The first kappa shape index (κ1) is 21.6. The Bertz CT molecular complexity index is 1160. The smallest absolute Gasteiger partial charge is 0.267 e. The van der Waals surface area contributed by atoms with E-state index < -0.39 is 10.9 Å². The number of aromatic hydroxyl groups is 1. The summed E-state index contributed by atoms with van der Waals surface area (Å²) in [6.45, 7) is 7.81. The van der Waals surface area contributed by atoms with Crippen molar-refractivity contribution in [2.75, 3.05) is 24.7 Å². The van der Waals surface area contributed by atoms with E-state index in [1.54, 1.807) is 14.1 Å². The molecule has 0 unspecified atom stereocenters. The summed E-state index contributed by atoms with van der Waals surface area (Å²) in [5.74, 6) is 0.781. The summed E-state index contributed by atoms with van der Waals surface area (Å²) in [6, 6.07) is 3.31. The number of hydrogen-bond acceptors (Lipinski definition) is 8. The van der Waals surface area contributed by atoms with Gasteiger partial charge in [-0.3, -0.25) is 14.4 Å². The van der Waals surface area contributed by atoms with Gasteiger partial charge in [-0.2, -0.15) is 0 Å². The molecular formula is C21H25N3O5S. The van der Waals surface area contributed by atoms with E-state index in [0.717, 1.165) is 17.1 Å². The van der Waals surface area contributed by atoms with Gasteiger partial charge in [-0.1, -0.05) is 20.8 Å². The number of carbonyl (C=O) groups is 1. The highest BCUT2D eigenvalue weighted by Gasteiger charge is 2.33. The first-order valence-corrected chi connectivity index (χ1v) is 10.2. The summed E-state index contributed by atoms with van der Waals surface area (Å²) < 4.78 is 5.75. The van der Waals surface area contributed by atoms with E-state index in [9.17, 15) is 19.5 Å². The van der Waals surface area contributed by atoms with Gasteiger partial charge < -0.3 is 25.1 Å². The number of aryl methyl sites for hydroxylation is 1. The molecule has 3 rings (SSSR count). The zero-order chi connectivity index (χ0) is 22.4. The molecule has 0 saturated carbocycles. The minimum atomic E-state index is -0.688. The standard InChI is InChI=1S/C21H25N3O5S/c1-10-7-8-12(29-10)19(21(2,3)4)23-14-13(16(26)17(14)27)22-11-9-30-18(15(11)25)20(28)24(5)6/h7-9,19,22-23,25H,1-6H3/t19-/m0/s1. The number of thiophene rings is 1. The summed E-state index contributed by atoms with van der Waals surface area (Å²) in [6.07, 6.45) is 0. The van der Waals surface area contributed by atoms with Gasteiger partial charge in [-0.15, -0.1) is 11.3 Å². The quantitative estimate of drug-likeness (QED) is 0.511. The molecule has 0 aliphatic rings. The number of furan rings is 1. The van der Waals surface area contributed by atoms with Crippen molar-refractivity contribution in [1.29, 1.82) is 0 Å². The van der Waals surface area contributed by atoms with Gasteiger partial charge in [-0.25, -0.2) is 0 Å². The Morgan fingerprint density at radius 2 is 1.80 bits per heavy atom. The van der Waals surface area contributed by atoms with Gasteiger partial charge in [0.25, 0.3) is 16.8 Å². The maximum Gasteiger partial charge on any atom is 0.267 e. The molecule has 2 aromatic heterocycles. The lowest BCUT2D eigenvalue weighted by molar-refractivity contribution is 0.0829. The van der Waals surface area contributed by atoms with Crippen molar-refractivity contribution in [2.45, 2.75) is 33.7 Å². The molecule has 0 bridgehead atoms. The van der Waals surface area contributed by atoms with Crippen LogP contribution in [-0.4, -0.2) is 30.0 Å². The minimum absolute atomic E-state index is 0.0504. The van der Waals surface area contributed by atoms with Crippen LogP contribution < -0.4 is 21.5 Å². The highest BCUT2D eigenvalue weighted by molar-refractivity contribution is 7.13. The fourth-order valence-electron chi connectivity index (χ4n) is 3.05. The SMILES string of the molecule is Cc1ccc([C@H](Nc2c(Nc3csc(C(=O)N(C)C)c3O)c(=O)c2=O)C(C)(C)C)o1. The van der Waals surface area contributed by atoms with E-state index in [4.69, 9.17) is 4.42 Å². The first-order valence-electron chi connectivity index (χ1n) is 9.37. The number of amides is 1. The van der Waals surface area contributed by atoms with Gasteiger partial charge >= 0.3 is 0 Å². The molecule has 0 spiro atoms. The number of rotatable bonds is 6. The molecule has 9 heteroatoms. The van der Waals surface area contributed by atoms with Gasteiger partial charge in [0.1, 0.15) is 27.8 Å². The Labute approximate surface area is 177 Å². The van der Waals surface area contributed by atoms with Gasteiger partial charge in [0.05, 0.1) is 11.7 Å². The van der Waals surface area contributed by atoms with Gasteiger partial charge in [0.2, 0.25) is 0 Å². The molecule has 0 radical (unpaired) electrons. The van der Waals surface area contributed by atoms with Crippen LogP contribution in [-0.2, 0) is 0 Å². The minimum Gasteiger partial charge on any atom is -0.504 e. The number of hydrogen-bond donors (Lipinski definition) is 3. The molecule has 30 heavy (non-hydrogen) atoms. The van der Waals surface area contributed by atoms with Crippen molar-refractivity contribution < 1.29 is 14.3 Å². The Morgan fingerprint density at radius 1 is 1.17 bits per heavy atom. The Kier molecular flexibility index (Phi) is 5.51. The third-order valence-electron chi connectivity index (χ3n) is 4.74. The predicted octanol–water partition coefficient (Wildman–Crippen LogP) is 3.60. The fraction of sp³-hybridized carbons (Fsp3) is 0.381. The molecule has 160 valence electrons. The van der Waals surface area contributed by atoms with Crippen molar-refractivity contribution in [3.63, 3.8) is 0 Å². The summed E-state index contributed by atoms with van der Waals surface area (Å²) in [4.78, 5) is 38.1. The Balaban J connectivity index is 1.92. The summed E-state index contributed by atoms with van der Waals surface area (Å²) in [5, 5.41) is 17.9. The first-order chi connectivity index (χ1) is 13.9. The molecule has 0 saturated heterocycles. The second-order valence-electron chi connectivity index (χ2n) is 8.45. The summed E-state index contributed by atoms with van der Waals surface area (Å²) in [7, 11) is 3.16. The van der Waals surface area contributed by atoms with E-state index in [1.165, 1.54) is 10.3 Å². The molecular weight excluding hydrogens is 406 g/mol. The highest BCUT2D eigenvalue weighted by Crippen LogP contribution is 2.40. The Hall–Kier alpha value is -3.07. The van der Waals surface area contributed by atoms with E-state index in [-0.39, 0.29) is 45.1 Å². The Morgan fingerprint density at radius 3 is 2.33 bits per heavy atom. The predicted molar refractivity (Wildman–Crippen MR) is 118 cm³/mol. The highest BCUT2D eigenvalue weighted by atomic mass is 32.1. The zero-order valence-corrected chi connectivity index (χ0v) is 18.6.